The van der Waals surface area contributed by atoms with Crippen molar-refractivity contribution in [2.45, 2.75) is 18.9 Å². The molecule has 0 spiro atoms. The van der Waals surface area contributed by atoms with Crippen molar-refractivity contribution in [3.63, 3.8) is 0 Å². The van der Waals surface area contributed by atoms with E-state index >= 15 is 0 Å². The van der Waals surface area contributed by atoms with E-state index in [0.717, 1.165) is 5.56 Å². The minimum absolute atomic E-state index is 0.120. The van der Waals surface area contributed by atoms with Crippen molar-refractivity contribution in [3.05, 3.63) is 100 Å². The first-order chi connectivity index (χ1) is 20.0. The highest BCUT2D eigenvalue weighted by Crippen LogP contribution is 2.28. The summed E-state index contributed by atoms with van der Waals surface area (Å²) in [4.78, 5) is 39.0. The van der Waals surface area contributed by atoms with Crippen LogP contribution < -0.4 is 5.69 Å². The van der Waals surface area contributed by atoms with Gasteiger partial charge in [-0.1, -0.05) is 0 Å². The molecule has 0 aliphatic carbocycles. The fraction of sp³-hybridized carbons (Fsp3) is 0.200. The monoisotopic (exact) mass is 548 g/mol. The molecule has 0 saturated carbocycles. The predicted octanol–water partition coefficient (Wildman–Crippen LogP) is 4.11. The predicted molar refractivity (Wildman–Crippen MR) is 152 cm³/mol. The average molecular weight is 549 g/mol. The molecule has 6 rings (SSSR count). The summed E-state index contributed by atoms with van der Waals surface area (Å²) in [6.45, 7) is 0.852. The van der Waals surface area contributed by atoms with Gasteiger partial charge in [0.05, 0.1) is 34.0 Å². The highest BCUT2D eigenvalue weighted by molar-refractivity contribution is 5.93. The third kappa shape index (κ3) is 4.80. The van der Waals surface area contributed by atoms with E-state index in [4.69, 9.17) is 0 Å². The van der Waals surface area contributed by atoms with Gasteiger partial charge in [0.2, 0.25) is 0 Å². The van der Waals surface area contributed by atoms with Gasteiger partial charge in [-0.15, -0.1) is 0 Å². The smallest absolute Gasteiger partial charge is 0.326 e. The van der Waals surface area contributed by atoms with Gasteiger partial charge in [-0.3, -0.25) is 19.3 Å². The Morgan fingerprint density at radius 3 is 2.71 bits per heavy atom. The number of carbonyl (C=O) groups excluding carboxylic acids is 1. The largest absolute Gasteiger partial charge is 0.337 e. The molecule has 11 heteroatoms. The van der Waals surface area contributed by atoms with Gasteiger partial charge in [-0.2, -0.15) is 10.4 Å². The minimum atomic E-state index is -0.454. The number of nitriles is 1. The highest BCUT2D eigenvalue weighted by Gasteiger charge is 2.29. The molecule has 0 atom stereocenters. The van der Waals surface area contributed by atoms with Crippen LogP contribution in [0.3, 0.4) is 0 Å². The summed E-state index contributed by atoms with van der Waals surface area (Å²) in [6.07, 6.45) is 5.89. The number of aromatic amines is 1. The van der Waals surface area contributed by atoms with E-state index in [1.54, 1.807) is 76.1 Å². The first-order valence-electron chi connectivity index (χ1n) is 13.1. The van der Waals surface area contributed by atoms with Gasteiger partial charge in [0, 0.05) is 62.0 Å². The van der Waals surface area contributed by atoms with Gasteiger partial charge in [-0.05, 0) is 61.4 Å². The molecule has 10 nitrogen and oxygen atoms in total. The van der Waals surface area contributed by atoms with Crippen molar-refractivity contribution in [3.8, 4) is 23.0 Å². The van der Waals surface area contributed by atoms with Gasteiger partial charge in [0.25, 0.3) is 5.91 Å². The maximum absolute atomic E-state index is 14.8. The van der Waals surface area contributed by atoms with Gasteiger partial charge in [-0.25, -0.2) is 13.9 Å². The molecule has 4 heterocycles. The number of aromatic nitrogens is 5. The molecule has 0 unspecified atom stereocenters. The standard InChI is InChI=1S/C30H25FN8O2/c1-33-17-20-5-6-23(14-24(20)31)39-27(21-3-2-10-34-18-21)15-26(36-39)29(40)37-11-8-22(9-12-37)38-28-13-19(16-32)4-7-25(28)35-30(38)41/h2-7,10,13-15,17-18,22H,8-9,11-12H2,1H3,(H,35,41). The van der Waals surface area contributed by atoms with Gasteiger partial charge >= 0.3 is 5.69 Å². The molecule has 1 aliphatic rings. The van der Waals surface area contributed by atoms with Crippen molar-refractivity contribution in [1.29, 1.82) is 5.26 Å². The third-order valence-corrected chi connectivity index (χ3v) is 7.35. The Balaban J connectivity index is 1.28. The fourth-order valence-corrected chi connectivity index (χ4v) is 5.34. The van der Waals surface area contributed by atoms with Crippen LogP contribution in [0.15, 0.2) is 76.8 Å². The van der Waals surface area contributed by atoms with E-state index in [1.807, 2.05) is 6.07 Å². The lowest BCUT2D eigenvalue weighted by molar-refractivity contribution is 0.0688. The summed E-state index contributed by atoms with van der Waals surface area (Å²) in [5.41, 5.74) is 3.97. The lowest BCUT2D eigenvalue weighted by Crippen LogP contribution is -2.40. The van der Waals surface area contributed by atoms with Crippen LogP contribution in [0.1, 0.15) is 40.5 Å². The van der Waals surface area contributed by atoms with Crippen LogP contribution in [0.25, 0.3) is 28.0 Å². The SMILES string of the molecule is CN=Cc1ccc(-n2nc(C(=O)N3CCC(n4c(=O)[nH]c5ccc(C#N)cc54)CC3)cc2-c2cccnc2)cc1F. The Morgan fingerprint density at radius 1 is 1.17 bits per heavy atom. The van der Waals surface area contributed by atoms with Crippen molar-refractivity contribution >= 4 is 23.2 Å². The first kappa shape index (κ1) is 25.9. The zero-order valence-corrected chi connectivity index (χ0v) is 22.2. The molecular formula is C30H25FN8O2. The number of nitrogens with zero attached hydrogens (tertiary/aromatic N) is 7. The van der Waals surface area contributed by atoms with Crippen LogP contribution in [0.2, 0.25) is 0 Å². The number of hydrogen-bond donors (Lipinski definition) is 1. The van der Waals surface area contributed by atoms with Crippen LogP contribution in [0.5, 0.6) is 0 Å². The lowest BCUT2D eigenvalue weighted by atomic mass is 10.0. The van der Waals surface area contributed by atoms with Crippen LogP contribution in [0.4, 0.5) is 4.39 Å². The molecule has 1 saturated heterocycles. The zero-order valence-electron chi connectivity index (χ0n) is 22.2. The Labute approximate surface area is 234 Å². The molecule has 5 aromatic rings. The molecule has 3 aromatic heterocycles. The van der Waals surface area contributed by atoms with Gasteiger partial charge in [0.1, 0.15) is 5.82 Å². The summed E-state index contributed by atoms with van der Waals surface area (Å²) in [6, 6.07) is 17.1. The molecule has 1 fully saturated rings. The summed E-state index contributed by atoms with van der Waals surface area (Å²) in [7, 11) is 1.57. The number of imidazole rings is 1. The Bertz CT molecular complexity index is 1890. The summed E-state index contributed by atoms with van der Waals surface area (Å²) in [5.74, 6) is -0.703. The molecule has 1 aliphatic heterocycles. The average Bonchev–Trinajstić information content (AvgIpc) is 3.59. The molecule has 0 radical (unpaired) electrons. The summed E-state index contributed by atoms with van der Waals surface area (Å²) in [5, 5.41) is 13.9. The van der Waals surface area contributed by atoms with Gasteiger partial charge < -0.3 is 9.88 Å². The number of carbonyl (C=O) groups is 1. The molecule has 1 N–H and O–H groups in total. The number of H-pyrrole nitrogens is 1. The number of likely N-dealkylation sites (tertiary alicyclic amines) is 1. The van der Waals surface area contributed by atoms with Crippen molar-refractivity contribution < 1.29 is 9.18 Å². The van der Waals surface area contributed by atoms with Crippen molar-refractivity contribution in [2.75, 3.05) is 20.1 Å². The second-order valence-electron chi connectivity index (χ2n) is 9.83. The first-order valence-corrected chi connectivity index (χ1v) is 13.1. The number of rotatable bonds is 5. The number of hydrogen-bond acceptors (Lipinski definition) is 6. The number of piperidine rings is 1. The van der Waals surface area contributed by atoms with Crippen LogP contribution >= 0.6 is 0 Å². The zero-order chi connectivity index (χ0) is 28.5. The van der Waals surface area contributed by atoms with E-state index < -0.39 is 5.82 Å². The second-order valence-corrected chi connectivity index (χ2v) is 9.83. The normalized spacial score (nSPS) is 14.1. The Hall–Kier alpha value is -5.37. The second kappa shape index (κ2) is 10.7. The van der Waals surface area contributed by atoms with Crippen LogP contribution in [0, 0.1) is 17.1 Å². The van der Waals surface area contributed by atoms with E-state index in [0.29, 0.717) is 59.5 Å². The van der Waals surface area contributed by atoms with E-state index in [9.17, 15) is 19.2 Å². The minimum Gasteiger partial charge on any atom is -0.337 e. The number of halogens is 1. The number of fused-ring (bicyclic) bond motifs is 1. The number of aliphatic imine (C=N–C) groups is 1. The Morgan fingerprint density at radius 2 is 2.00 bits per heavy atom. The van der Waals surface area contributed by atoms with Crippen LogP contribution in [-0.4, -0.2) is 61.5 Å². The molecule has 204 valence electrons. The number of pyridine rings is 1. The number of amides is 1. The quantitative estimate of drug-likeness (QED) is 0.331. The lowest BCUT2D eigenvalue weighted by Gasteiger charge is -2.32. The maximum Gasteiger partial charge on any atom is 0.326 e. The van der Waals surface area contributed by atoms with E-state index in [2.05, 4.69) is 26.1 Å². The Kier molecular flexibility index (Phi) is 6.73. The molecule has 0 bridgehead atoms. The molecule has 41 heavy (non-hydrogen) atoms. The maximum atomic E-state index is 14.8. The van der Waals surface area contributed by atoms with E-state index in [-0.39, 0.29) is 23.3 Å². The highest BCUT2D eigenvalue weighted by atomic mass is 19.1. The van der Waals surface area contributed by atoms with Crippen molar-refractivity contribution in [1.82, 2.24) is 29.2 Å². The number of benzene rings is 2. The van der Waals surface area contributed by atoms with Crippen LogP contribution in [-0.2, 0) is 0 Å². The topological polar surface area (TPSA) is 125 Å². The van der Waals surface area contributed by atoms with E-state index in [1.165, 1.54) is 12.3 Å². The third-order valence-electron chi connectivity index (χ3n) is 7.35. The van der Waals surface area contributed by atoms with Crippen molar-refractivity contribution in [2.24, 2.45) is 4.99 Å². The molecule has 1 amide bonds. The summed E-state index contributed by atoms with van der Waals surface area (Å²) < 4.78 is 18.0. The number of nitrogens with one attached hydrogen (secondary N) is 1. The fourth-order valence-electron chi connectivity index (χ4n) is 5.34. The molecule has 2 aromatic carbocycles. The summed E-state index contributed by atoms with van der Waals surface area (Å²) >= 11 is 0. The van der Waals surface area contributed by atoms with Gasteiger partial charge in [0.15, 0.2) is 5.69 Å². The molecular weight excluding hydrogens is 523 g/mol.